The SMILES string of the molecule is COC(=O)c1sccc1N/N=C1\C(=O)c2ccccc2N(C)S1(=O)=O. The molecule has 0 saturated heterocycles. The monoisotopic (exact) mass is 379 g/mol. The van der Waals surface area contributed by atoms with E-state index in [0.29, 0.717) is 0 Å². The fourth-order valence-corrected chi connectivity index (χ4v) is 4.24. The van der Waals surface area contributed by atoms with Crippen LogP contribution in [-0.2, 0) is 14.8 Å². The third-order valence-electron chi connectivity index (χ3n) is 3.60. The summed E-state index contributed by atoms with van der Waals surface area (Å²) < 4.78 is 30.8. The van der Waals surface area contributed by atoms with E-state index < -0.39 is 26.8 Å². The van der Waals surface area contributed by atoms with Gasteiger partial charge in [-0.25, -0.2) is 4.79 Å². The number of hydrogen-bond acceptors (Lipinski definition) is 8. The van der Waals surface area contributed by atoms with Crippen molar-refractivity contribution in [3.63, 3.8) is 0 Å². The van der Waals surface area contributed by atoms with Gasteiger partial charge in [-0.05, 0) is 23.6 Å². The highest BCUT2D eigenvalue weighted by molar-refractivity contribution is 8.09. The molecule has 8 nitrogen and oxygen atoms in total. The number of benzene rings is 1. The lowest BCUT2D eigenvalue weighted by atomic mass is 10.1. The van der Waals surface area contributed by atoms with Crippen LogP contribution >= 0.6 is 11.3 Å². The Hall–Kier alpha value is -2.72. The van der Waals surface area contributed by atoms with E-state index in [1.807, 2.05) is 0 Å². The second-order valence-electron chi connectivity index (χ2n) is 5.00. The maximum Gasteiger partial charge on any atom is 0.350 e. The number of anilines is 2. The van der Waals surface area contributed by atoms with Crippen LogP contribution in [0.25, 0.3) is 0 Å². The van der Waals surface area contributed by atoms with Gasteiger partial charge in [0.2, 0.25) is 10.8 Å². The van der Waals surface area contributed by atoms with Crippen LogP contribution in [0.1, 0.15) is 20.0 Å². The Morgan fingerprint density at radius 1 is 1.28 bits per heavy atom. The van der Waals surface area contributed by atoms with Gasteiger partial charge in [-0.2, -0.15) is 13.5 Å². The number of methoxy groups -OCH3 is 1. The fourth-order valence-electron chi connectivity index (χ4n) is 2.30. The highest BCUT2D eigenvalue weighted by Crippen LogP contribution is 2.30. The van der Waals surface area contributed by atoms with Crippen molar-refractivity contribution in [2.75, 3.05) is 23.9 Å². The maximum absolute atomic E-state index is 12.6. The van der Waals surface area contributed by atoms with Crippen molar-refractivity contribution in [2.45, 2.75) is 0 Å². The van der Waals surface area contributed by atoms with Gasteiger partial charge in [0.15, 0.2) is 0 Å². The van der Waals surface area contributed by atoms with Crippen molar-refractivity contribution in [3.8, 4) is 0 Å². The van der Waals surface area contributed by atoms with Crippen LogP contribution in [0.3, 0.4) is 0 Å². The number of para-hydroxylation sites is 1. The van der Waals surface area contributed by atoms with Gasteiger partial charge in [0.1, 0.15) is 4.88 Å². The number of sulfonamides is 1. The molecule has 1 N–H and O–H groups in total. The van der Waals surface area contributed by atoms with Crippen LogP contribution in [0.5, 0.6) is 0 Å². The summed E-state index contributed by atoms with van der Waals surface area (Å²) in [6, 6.07) is 7.90. The number of thiophene rings is 1. The molecule has 25 heavy (non-hydrogen) atoms. The molecular formula is C15H13N3O5S2. The first-order valence-corrected chi connectivity index (χ1v) is 9.32. The van der Waals surface area contributed by atoms with E-state index in [1.165, 1.54) is 20.2 Å². The third kappa shape index (κ3) is 2.79. The molecular weight excluding hydrogens is 366 g/mol. The van der Waals surface area contributed by atoms with E-state index in [2.05, 4.69) is 15.3 Å². The van der Waals surface area contributed by atoms with E-state index in [0.717, 1.165) is 15.6 Å². The summed E-state index contributed by atoms with van der Waals surface area (Å²) in [6.45, 7) is 0. The molecule has 0 bridgehead atoms. The summed E-state index contributed by atoms with van der Waals surface area (Å²) in [4.78, 5) is 24.4. The van der Waals surface area contributed by atoms with Crippen molar-refractivity contribution in [3.05, 3.63) is 46.2 Å². The lowest BCUT2D eigenvalue weighted by Crippen LogP contribution is -2.43. The van der Waals surface area contributed by atoms with Gasteiger partial charge in [0.25, 0.3) is 10.0 Å². The molecule has 1 aliphatic rings. The van der Waals surface area contributed by atoms with Crippen LogP contribution < -0.4 is 9.73 Å². The number of carbonyl (C=O) groups excluding carboxylic acids is 2. The molecule has 3 rings (SSSR count). The largest absolute Gasteiger partial charge is 0.465 e. The van der Waals surface area contributed by atoms with Gasteiger partial charge in [-0.1, -0.05) is 12.1 Å². The van der Waals surface area contributed by atoms with E-state index in [4.69, 9.17) is 0 Å². The highest BCUT2D eigenvalue weighted by Gasteiger charge is 2.39. The maximum atomic E-state index is 12.6. The van der Waals surface area contributed by atoms with Crippen LogP contribution in [0.4, 0.5) is 11.4 Å². The van der Waals surface area contributed by atoms with E-state index in [1.54, 1.807) is 29.6 Å². The number of hydrogen-bond donors (Lipinski definition) is 1. The van der Waals surface area contributed by atoms with Crippen molar-refractivity contribution >= 4 is 49.5 Å². The summed E-state index contributed by atoms with van der Waals surface area (Å²) in [7, 11) is -1.52. The minimum atomic E-state index is -4.10. The van der Waals surface area contributed by atoms with Gasteiger partial charge in [-0.15, -0.1) is 11.3 Å². The van der Waals surface area contributed by atoms with Gasteiger partial charge in [-0.3, -0.25) is 14.5 Å². The number of fused-ring (bicyclic) bond motifs is 1. The second kappa shape index (κ2) is 6.30. The summed E-state index contributed by atoms with van der Waals surface area (Å²) in [5.74, 6) is -1.30. The Balaban J connectivity index is 2.03. The fraction of sp³-hybridized carbons (Fsp3) is 0.133. The molecule has 0 radical (unpaired) electrons. The molecule has 1 aliphatic heterocycles. The molecule has 0 spiro atoms. The molecule has 0 unspecified atom stereocenters. The predicted molar refractivity (Wildman–Crippen MR) is 94.8 cm³/mol. The molecule has 0 atom stereocenters. The minimum Gasteiger partial charge on any atom is -0.465 e. The molecule has 2 heterocycles. The normalized spacial score (nSPS) is 17.3. The Morgan fingerprint density at radius 3 is 2.72 bits per heavy atom. The number of nitrogens with zero attached hydrogens (tertiary/aromatic N) is 2. The van der Waals surface area contributed by atoms with Crippen molar-refractivity contribution in [1.29, 1.82) is 0 Å². The van der Waals surface area contributed by atoms with Crippen LogP contribution in [0.2, 0.25) is 0 Å². The van der Waals surface area contributed by atoms with Crippen LogP contribution in [0, 0.1) is 0 Å². The number of hydrazone groups is 1. The van der Waals surface area contributed by atoms with Gasteiger partial charge < -0.3 is 4.74 Å². The number of ketones is 1. The third-order valence-corrected chi connectivity index (χ3v) is 6.18. The minimum absolute atomic E-state index is 0.223. The van der Waals surface area contributed by atoms with E-state index in [-0.39, 0.29) is 21.8 Å². The Bertz CT molecular complexity index is 994. The van der Waals surface area contributed by atoms with Crippen LogP contribution in [-0.4, -0.2) is 39.4 Å². The van der Waals surface area contributed by atoms with Gasteiger partial charge in [0.05, 0.1) is 18.5 Å². The average Bonchev–Trinajstić information content (AvgIpc) is 3.07. The molecule has 1 aromatic carbocycles. The standard InChI is InChI=1S/C15H13N3O5S2/c1-18-11-6-4-3-5-9(11)12(19)14(25(18,21)22)17-16-10-7-8-24-13(10)15(20)23-2/h3-8,16H,1-2H3/b17-14+. The smallest absolute Gasteiger partial charge is 0.350 e. The summed E-state index contributed by atoms with van der Waals surface area (Å²) in [5, 5.41) is 4.75. The van der Waals surface area contributed by atoms with E-state index >= 15 is 0 Å². The zero-order valence-corrected chi connectivity index (χ0v) is 14.8. The number of ether oxygens (including phenoxy) is 1. The first kappa shape index (κ1) is 17.1. The Labute approximate surface area is 147 Å². The number of Topliss-reactive ketones (excluding diaryl/α,β-unsaturated/α-hetero) is 1. The van der Waals surface area contributed by atoms with Crippen LogP contribution in [0.15, 0.2) is 40.8 Å². The quantitative estimate of drug-likeness (QED) is 0.645. The molecule has 130 valence electrons. The molecule has 2 aromatic rings. The van der Waals surface area contributed by atoms with Crippen molar-refractivity contribution in [2.24, 2.45) is 5.10 Å². The average molecular weight is 379 g/mol. The second-order valence-corrected chi connectivity index (χ2v) is 7.80. The molecule has 0 aliphatic carbocycles. The molecule has 1 aromatic heterocycles. The molecule has 0 amide bonds. The number of nitrogens with one attached hydrogen (secondary N) is 1. The van der Waals surface area contributed by atoms with Crippen molar-refractivity contribution < 1.29 is 22.7 Å². The molecule has 0 saturated carbocycles. The lowest BCUT2D eigenvalue weighted by Gasteiger charge is -2.26. The summed E-state index contributed by atoms with van der Waals surface area (Å²) in [5.41, 5.74) is 3.27. The Kier molecular flexibility index (Phi) is 4.31. The first-order valence-electron chi connectivity index (χ1n) is 7.00. The lowest BCUT2D eigenvalue weighted by molar-refractivity contribution is 0.0607. The predicted octanol–water partition coefficient (Wildman–Crippen LogP) is 1.92. The highest BCUT2D eigenvalue weighted by atomic mass is 32.2. The first-order chi connectivity index (χ1) is 11.9. The zero-order valence-electron chi connectivity index (χ0n) is 13.2. The summed E-state index contributed by atoms with van der Waals surface area (Å²) >= 11 is 1.11. The van der Waals surface area contributed by atoms with Crippen molar-refractivity contribution in [1.82, 2.24) is 0 Å². The molecule has 0 fully saturated rings. The van der Waals surface area contributed by atoms with E-state index in [9.17, 15) is 18.0 Å². The van der Waals surface area contributed by atoms with Gasteiger partial charge in [0, 0.05) is 12.6 Å². The topological polar surface area (TPSA) is 105 Å². The number of rotatable bonds is 3. The van der Waals surface area contributed by atoms with Gasteiger partial charge >= 0.3 is 5.97 Å². The summed E-state index contributed by atoms with van der Waals surface area (Å²) in [6.07, 6.45) is 0. The molecule has 10 heteroatoms. The zero-order chi connectivity index (χ0) is 18.2. The Morgan fingerprint density at radius 2 is 2.00 bits per heavy atom. The number of esters is 1. The number of carbonyl (C=O) groups is 2.